The summed E-state index contributed by atoms with van der Waals surface area (Å²) in [6, 6.07) is 5.68. The Bertz CT molecular complexity index is 829. The fraction of sp³-hybridized carbons (Fsp3) is 0.368. The number of ether oxygens (including phenoxy) is 3. The van der Waals surface area contributed by atoms with Crippen LogP contribution in [0.3, 0.4) is 0 Å². The number of thiophene rings is 1. The monoisotopic (exact) mass is 375 g/mol. The zero-order chi connectivity index (χ0) is 18.7. The van der Waals surface area contributed by atoms with Gasteiger partial charge in [0.2, 0.25) is 0 Å². The standard InChI is InChI=1S/C19H21NO5S/c1-4-25-14-6-5-12(9-15(14)23-2)18-17-13(11-26-18)10-20(19(17)22)8-7-16(21)24-3/h5-6,9,11H,4,7-8,10H2,1-3H3. The van der Waals surface area contributed by atoms with E-state index >= 15 is 0 Å². The van der Waals surface area contributed by atoms with Crippen LogP contribution in [0.4, 0.5) is 0 Å². The lowest BCUT2D eigenvalue weighted by Gasteiger charge is -2.15. The number of amides is 1. The number of hydrogen-bond donors (Lipinski definition) is 0. The minimum absolute atomic E-state index is 0.0481. The van der Waals surface area contributed by atoms with Gasteiger partial charge in [0.1, 0.15) is 0 Å². The van der Waals surface area contributed by atoms with Gasteiger partial charge in [-0.15, -0.1) is 11.3 Å². The Kier molecular flexibility index (Phi) is 5.46. The average Bonchev–Trinajstić information content (AvgIpc) is 3.20. The minimum atomic E-state index is -0.316. The number of rotatable bonds is 7. The van der Waals surface area contributed by atoms with Gasteiger partial charge in [0.05, 0.1) is 32.8 Å². The van der Waals surface area contributed by atoms with Crippen LogP contribution in [0.15, 0.2) is 23.6 Å². The van der Waals surface area contributed by atoms with Gasteiger partial charge >= 0.3 is 5.97 Å². The smallest absolute Gasteiger partial charge is 0.307 e. The summed E-state index contributed by atoms with van der Waals surface area (Å²) < 4.78 is 15.6. The molecule has 1 amide bonds. The molecule has 0 saturated carbocycles. The molecule has 0 radical (unpaired) electrons. The van der Waals surface area contributed by atoms with Gasteiger partial charge in [-0.05, 0) is 41.6 Å². The predicted octanol–water partition coefficient (Wildman–Crippen LogP) is 3.34. The van der Waals surface area contributed by atoms with Crippen molar-refractivity contribution in [2.45, 2.75) is 19.9 Å². The van der Waals surface area contributed by atoms with Gasteiger partial charge in [0.25, 0.3) is 5.91 Å². The maximum absolute atomic E-state index is 12.8. The zero-order valence-corrected chi connectivity index (χ0v) is 15.9. The maximum Gasteiger partial charge on any atom is 0.307 e. The van der Waals surface area contributed by atoms with Crippen molar-refractivity contribution in [3.05, 3.63) is 34.7 Å². The highest BCUT2D eigenvalue weighted by Gasteiger charge is 2.32. The third kappa shape index (κ3) is 3.39. The first-order valence-corrected chi connectivity index (χ1v) is 9.24. The van der Waals surface area contributed by atoms with E-state index in [2.05, 4.69) is 4.74 Å². The van der Waals surface area contributed by atoms with Crippen molar-refractivity contribution in [3.63, 3.8) is 0 Å². The molecule has 0 fully saturated rings. The van der Waals surface area contributed by atoms with Crippen LogP contribution in [0.25, 0.3) is 10.4 Å². The summed E-state index contributed by atoms with van der Waals surface area (Å²) in [5, 5.41) is 2.00. The molecule has 7 heteroatoms. The van der Waals surface area contributed by atoms with E-state index < -0.39 is 0 Å². The van der Waals surface area contributed by atoms with Gasteiger partial charge in [0, 0.05) is 18.0 Å². The number of esters is 1. The Morgan fingerprint density at radius 3 is 2.77 bits per heavy atom. The summed E-state index contributed by atoms with van der Waals surface area (Å²) in [5.41, 5.74) is 2.62. The normalized spacial score (nSPS) is 12.9. The van der Waals surface area contributed by atoms with E-state index in [1.807, 2.05) is 30.5 Å². The van der Waals surface area contributed by atoms with Crippen LogP contribution >= 0.6 is 11.3 Å². The first kappa shape index (κ1) is 18.3. The molecular weight excluding hydrogens is 354 g/mol. The average molecular weight is 375 g/mol. The van der Waals surface area contributed by atoms with Crippen molar-refractivity contribution < 1.29 is 23.8 Å². The summed E-state index contributed by atoms with van der Waals surface area (Å²) in [5.74, 6) is 0.953. The van der Waals surface area contributed by atoms with E-state index in [4.69, 9.17) is 9.47 Å². The molecule has 1 aromatic heterocycles. The summed E-state index contributed by atoms with van der Waals surface area (Å²) in [6.07, 6.45) is 0.197. The van der Waals surface area contributed by atoms with Crippen molar-refractivity contribution in [3.8, 4) is 21.9 Å². The molecule has 138 valence electrons. The van der Waals surface area contributed by atoms with Crippen LogP contribution in [0.1, 0.15) is 29.3 Å². The highest BCUT2D eigenvalue weighted by Crippen LogP contribution is 2.41. The Hall–Kier alpha value is -2.54. The molecule has 0 N–H and O–H groups in total. The highest BCUT2D eigenvalue weighted by molar-refractivity contribution is 7.14. The highest BCUT2D eigenvalue weighted by atomic mass is 32.1. The summed E-state index contributed by atoms with van der Waals surface area (Å²) >= 11 is 1.54. The van der Waals surface area contributed by atoms with E-state index in [1.54, 1.807) is 23.3 Å². The summed E-state index contributed by atoms with van der Waals surface area (Å²) in [7, 11) is 2.95. The van der Waals surface area contributed by atoms with Gasteiger partial charge < -0.3 is 19.1 Å². The van der Waals surface area contributed by atoms with Crippen LogP contribution in [-0.2, 0) is 16.1 Å². The largest absolute Gasteiger partial charge is 0.493 e. The predicted molar refractivity (Wildman–Crippen MR) is 98.8 cm³/mol. The topological polar surface area (TPSA) is 65.1 Å². The second-order valence-corrected chi connectivity index (χ2v) is 6.70. The number of carbonyl (C=O) groups excluding carboxylic acids is 2. The van der Waals surface area contributed by atoms with Crippen molar-refractivity contribution in [2.24, 2.45) is 0 Å². The summed E-state index contributed by atoms with van der Waals surface area (Å²) in [6.45, 7) is 3.35. The minimum Gasteiger partial charge on any atom is -0.493 e. The fourth-order valence-corrected chi connectivity index (χ4v) is 4.04. The fourth-order valence-electron chi connectivity index (χ4n) is 2.98. The molecule has 0 saturated heterocycles. The molecule has 1 aliphatic rings. The molecule has 26 heavy (non-hydrogen) atoms. The van der Waals surface area contributed by atoms with E-state index in [0.717, 1.165) is 16.0 Å². The van der Waals surface area contributed by atoms with E-state index in [9.17, 15) is 9.59 Å². The molecular formula is C19H21NO5S. The lowest BCUT2D eigenvalue weighted by atomic mass is 10.1. The first-order valence-electron chi connectivity index (χ1n) is 8.36. The van der Waals surface area contributed by atoms with Gasteiger partial charge in [-0.3, -0.25) is 9.59 Å². The van der Waals surface area contributed by atoms with Crippen LogP contribution in [0.5, 0.6) is 11.5 Å². The molecule has 0 atom stereocenters. The molecule has 0 unspecified atom stereocenters. The van der Waals surface area contributed by atoms with Gasteiger partial charge in [-0.2, -0.15) is 0 Å². The number of nitrogens with zero attached hydrogens (tertiary/aromatic N) is 1. The lowest BCUT2D eigenvalue weighted by Crippen LogP contribution is -2.27. The third-order valence-corrected chi connectivity index (χ3v) is 5.35. The number of hydrogen-bond acceptors (Lipinski definition) is 6. The first-order chi connectivity index (χ1) is 12.6. The summed E-state index contributed by atoms with van der Waals surface area (Å²) in [4.78, 5) is 26.7. The molecule has 0 aliphatic carbocycles. The molecule has 2 heterocycles. The van der Waals surface area contributed by atoms with E-state index in [0.29, 0.717) is 36.8 Å². The van der Waals surface area contributed by atoms with Crippen molar-refractivity contribution in [1.82, 2.24) is 4.90 Å². The number of benzene rings is 1. The quantitative estimate of drug-likeness (QED) is 0.695. The second kappa shape index (κ2) is 7.78. The van der Waals surface area contributed by atoms with Crippen molar-refractivity contribution in [1.29, 1.82) is 0 Å². The molecule has 6 nitrogen and oxygen atoms in total. The number of fused-ring (bicyclic) bond motifs is 1. The zero-order valence-electron chi connectivity index (χ0n) is 15.0. The molecule has 0 bridgehead atoms. The molecule has 3 rings (SSSR count). The van der Waals surface area contributed by atoms with E-state index in [-0.39, 0.29) is 18.3 Å². The Balaban J connectivity index is 1.86. The van der Waals surface area contributed by atoms with E-state index in [1.165, 1.54) is 7.11 Å². The Morgan fingerprint density at radius 1 is 1.27 bits per heavy atom. The molecule has 1 aliphatic heterocycles. The Labute approximate surface area is 156 Å². The SMILES string of the molecule is CCOc1ccc(-c2scc3c2C(=O)N(CCC(=O)OC)C3)cc1OC. The van der Waals surface area contributed by atoms with Gasteiger partial charge in [0.15, 0.2) is 11.5 Å². The maximum atomic E-state index is 12.8. The van der Waals surface area contributed by atoms with Gasteiger partial charge in [-0.25, -0.2) is 0 Å². The van der Waals surface area contributed by atoms with Crippen molar-refractivity contribution >= 4 is 23.2 Å². The van der Waals surface area contributed by atoms with Crippen LogP contribution < -0.4 is 9.47 Å². The number of carbonyl (C=O) groups is 2. The molecule has 1 aromatic carbocycles. The number of methoxy groups -OCH3 is 2. The lowest BCUT2D eigenvalue weighted by molar-refractivity contribution is -0.140. The van der Waals surface area contributed by atoms with Crippen molar-refractivity contribution in [2.75, 3.05) is 27.4 Å². The molecule has 0 spiro atoms. The van der Waals surface area contributed by atoms with Crippen LogP contribution in [0.2, 0.25) is 0 Å². The van der Waals surface area contributed by atoms with Gasteiger partial charge in [-0.1, -0.05) is 0 Å². The van der Waals surface area contributed by atoms with Crippen LogP contribution in [-0.4, -0.2) is 44.1 Å². The Morgan fingerprint density at radius 2 is 2.08 bits per heavy atom. The molecule has 2 aromatic rings. The second-order valence-electron chi connectivity index (χ2n) is 5.82. The van der Waals surface area contributed by atoms with Crippen LogP contribution in [0, 0.1) is 0 Å². The third-order valence-electron chi connectivity index (χ3n) is 4.27.